The summed E-state index contributed by atoms with van der Waals surface area (Å²) in [7, 11) is 0. The molecule has 0 radical (unpaired) electrons. The van der Waals surface area contributed by atoms with Crippen LogP contribution in [0.2, 0.25) is 0 Å². The number of hydrogen-bond acceptors (Lipinski definition) is 6. The molecule has 0 amide bonds. The van der Waals surface area contributed by atoms with E-state index in [0.717, 1.165) is 103 Å². The van der Waals surface area contributed by atoms with Crippen molar-refractivity contribution in [2.75, 3.05) is 13.2 Å². The fourth-order valence-electron chi connectivity index (χ4n) is 8.67. The Bertz CT molecular complexity index is 1600. The van der Waals surface area contributed by atoms with Crippen LogP contribution in [-0.2, 0) is 28.6 Å². The molecule has 1 atom stereocenters. The summed E-state index contributed by atoms with van der Waals surface area (Å²) in [4.78, 5) is 38.3. The molecular weight excluding hydrogens is 949 g/mol. The fourth-order valence-corrected chi connectivity index (χ4v) is 8.67. The van der Waals surface area contributed by atoms with Gasteiger partial charge in [-0.2, -0.15) is 0 Å². The molecule has 0 bridgehead atoms. The van der Waals surface area contributed by atoms with E-state index in [1.807, 2.05) is 6.08 Å². The summed E-state index contributed by atoms with van der Waals surface area (Å²) >= 11 is 0. The molecule has 0 spiro atoms. The Morgan fingerprint density at radius 3 is 0.909 bits per heavy atom. The molecule has 0 aromatic carbocycles. The SMILES string of the molecule is CC/C=C\C/C=C\C/C=C\C/C=C\C/C=C\CC(=O)OCC(COC(=O)CCCCCCCCCCCCC/C=C\C/C=C\CCCCCCC)OC(=O)CCCCCCCC/C=C\C/C=C\C/C=C\CCCCCCC. The number of hydrogen-bond donors (Lipinski definition) is 0. The minimum Gasteiger partial charge on any atom is -0.462 e. The lowest BCUT2D eigenvalue weighted by Gasteiger charge is -2.18. The van der Waals surface area contributed by atoms with Crippen molar-refractivity contribution >= 4 is 17.9 Å². The Balaban J connectivity index is 4.46. The molecule has 6 nitrogen and oxygen atoms in total. The number of unbranched alkanes of at least 4 members (excludes halogenated alkanes) is 27. The van der Waals surface area contributed by atoms with Gasteiger partial charge in [0.1, 0.15) is 13.2 Å². The van der Waals surface area contributed by atoms with Crippen LogP contribution in [0.5, 0.6) is 0 Å². The largest absolute Gasteiger partial charge is 0.462 e. The molecule has 0 fully saturated rings. The van der Waals surface area contributed by atoms with Crippen LogP contribution in [0.1, 0.15) is 290 Å². The predicted molar refractivity (Wildman–Crippen MR) is 334 cm³/mol. The van der Waals surface area contributed by atoms with Gasteiger partial charge in [-0.25, -0.2) is 0 Å². The zero-order valence-corrected chi connectivity index (χ0v) is 50.2. The van der Waals surface area contributed by atoms with Gasteiger partial charge in [-0.05, 0) is 116 Å². The molecule has 1 unspecified atom stereocenters. The molecule has 6 heteroatoms. The van der Waals surface area contributed by atoms with Crippen molar-refractivity contribution in [2.45, 2.75) is 297 Å². The normalized spacial score (nSPS) is 12.9. The molecule has 438 valence electrons. The van der Waals surface area contributed by atoms with Crippen molar-refractivity contribution < 1.29 is 28.6 Å². The number of carbonyl (C=O) groups is 3. The number of carbonyl (C=O) groups excluding carboxylic acids is 3. The molecular formula is C71H118O6. The Morgan fingerprint density at radius 2 is 0.558 bits per heavy atom. The summed E-state index contributed by atoms with van der Waals surface area (Å²) in [5.74, 6) is -1.06. The van der Waals surface area contributed by atoms with Crippen LogP contribution in [0.3, 0.4) is 0 Å². The Morgan fingerprint density at radius 1 is 0.286 bits per heavy atom. The minimum absolute atomic E-state index is 0.117. The summed E-state index contributed by atoms with van der Waals surface area (Å²) in [6, 6.07) is 0. The first-order chi connectivity index (χ1) is 38.0. The van der Waals surface area contributed by atoms with Gasteiger partial charge in [-0.3, -0.25) is 14.4 Å². The van der Waals surface area contributed by atoms with E-state index in [0.29, 0.717) is 12.8 Å². The molecule has 77 heavy (non-hydrogen) atoms. The second kappa shape index (κ2) is 64.3. The molecule has 0 aliphatic rings. The van der Waals surface area contributed by atoms with Crippen LogP contribution in [0.25, 0.3) is 0 Å². The highest BCUT2D eigenvalue weighted by Gasteiger charge is 2.19. The maximum absolute atomic E-state index is 12.9. The zero-order valence-electron chi connectivity index (χ0n) is 50.2. The first-order valence-electron chi connectivity index (χ1n) is 32.0. The topological polar surface area (TPSA) is 78.9 Å². The van der Waals surface area contributed by atoms with Gasteiger partial charge in [0, 0.05) is 12.8 Å². The third-order valence-corrected chi connectivity index (χ3v) is 13.5. The van der Waals surface area contributed by atoms with Gasteiger partial charge in [0.05, 0.1) is 6.42 Å². The van der Waals surface area contributed by atoms with Crippen LogP contribution in [-0.4, -0.2) is 37.2 Å². The molecule has 0 saturated carbocycles. The van der Waals surface area contributed by atoms with Crippen LogP contribution in [0.15, 0.2) is 122 Å². The third kappa shape index (κ3) is 62.5. The van der Waals surface area contributed by atoms with Gasteiger partial charge in [0.25, 0.3) is 0 Å². The zero-order chi connectivity index (χ0) is 55.7. The highest BCUT2D eigenvalue weighted by molar-refractivity contribution is 5.72. The van der Waals surface area contributed by atoms with Crippen molar-refractivity contribution in [3.63, 3.8) is 0 Å². The van der Waals surface area contributed by atoms with E-state index in [2.05, 4.69) is 130 Å². The van der Waals surface area contributed by atoms with Gasteiger partial charge in [-0.1, -0.05) is 277 Å². The number of rotatable bonds is 57. The van der Waals surface area contributed by atoms with Crippen molar-refractivity contribution in [3.05, 3.63) is 122 Å². The predicted octanol–water partition coefficient (Wildman–Crippen LogP) is 22.0. The molecule has 0 aromatic rings. The molecule has 0 saturated heterocycles. The van der Waals surface area contributed by atoms with Gasteiger partial charge < -0.3 is 14.2 Å². The highest BCUT2D eigenvalue weighted by Crippen LogP contribution is 2.15. The number of esters is 3. The highest BCUT2D eigenvalue weighted by atomic mass is 16.6. The smallest absolute Gasteiger partial charge is 0.309 e. The first-order valence-corrected chi connectivity index (χ1v) is 32.0. The molecule has 0 N–H and O–H groups in total. The fraction of sp³-hybridized carbons (Fsp3) is 0.676. The van der Waals surface area contributed by atoms with Gasteiger partial charge >= 0.3 is 17.9 Å². The van der Waals surface area contributed by atoms with Crippen molar-refractivity contribution in [2.24, 2.45) is 0 Å². The van der Waals surface area contributed by atoms with Crippen LogP contribution < -0.4 is 0 Å². The van der Waals surface area contributed by atoms with Crippen LogP contribution in [0, 0.1) is 0 Å². The van der Waals surface area contributed by atoms with E-state index in [9.17, 15) is 14.4 Å². The maximum atomic E-state index is 12.9. The molecule has 0 heterocycles. The van der Waals surface area contributed by atoms with E-state index >= 15 is 0 Å². The molecule has 0 aliphatic carbocycles. The van der Waals surface area contributed by atoms with Crippen LogP contribution in [0.4, 0.5) is 0 Å². The van der Waals surface area contributed by atoms with E-state index in [-0.39, 0.29) is 31.6 Å². The van der Waals surface area contributed by atoms with Crippen molar-refractivity contribution in [1.82, 2.24) is 0 Å². The Hall–Kier alpha value is -4.19. The number of ether oxygens (including phenoxy) is 3. The van der Waals surface area contributed by atoms with E-state index in [4.69, 9.17) is 14.2 Å². The third-order valence-electron chi connectivity index (χ3n) is 13.5. The quantitative estimate of drug-likeness (QED) is 0.0261. The summed E-state index contributed by atoms with van der Waals surface area (Å²) in [5, 5.41) is 0. The lowest BCUT2D eigenvalue weighted by molar-refractivity contribution is -0.166. The minimum atomic E-state index is -0.831. The van der Waals surface area contributed by atoms with Gasteiger partial charge in [0.15, 0.2) is 6.10 Å². The molecule has 0 aromatic heterocycles. The molecule has 0 aliphatic heterocycles. The first kappa shape index (κ1) is 72.8. The summed E-state index contributed by atoms with van der Waals surface area (Å²) in [6.45, 7) is 6.42. The average Bonchev–Trinajstić information content (AvgIpc) is 3.43. The summed E-state index contributed by atoms with van der Waals surface area (Å²) < 4.78 is 16.8. The summed E-state index contributed by atoms with van der Waals surface area (Å²) in [5.41, 5.74) is 0. The lowest BCUT2D eigenvalue weighted by Crippen LogP contribution is -2.30. The second-order valence-electron chi connectivity index (χ2n) is 20.9. The monoisotopic (exact) mass is 1070 g/mol. The average molecular weight is 1070 g/mol. The van der Waals surface area contributed by atoms with Crippen LogP contribution >= 0.6 is 0 Å². The van der Waals surface area contributed by atoms with E-state index in [1.54, 1.807) is 6.08 Å². The van der Waals surface area contributed by atoms with E-state index < -0.39 is 12.1 Å². The van der Waals surface area contributed by atoms with E-state index in [1.165, 1.54) is 148 Å². The van der Waals surface area contributed by atoms with Crippen molar-refractivity contribution in [1.29, 1.82) is 0 Å². The van der Waals surface area contributed by atoms with Gasteiger partial charge in [-0.15, -0.1) is 0 Å². The second-order valence-corrected chi connectivity index (χ2v) is 20.9. The molecule has 0 rings (SSSR count). The number of allylic oxidation sites excluding steroid dienone is 19. The standard InChI is InChI=1S/C71H118O6/c1-4-7-10-13-16-19-22-25-28-30-32-34-35-37-38-40-43-46-49-52-55-58-61-64-70(73)76-67-68(66-75-69(72)63-60-57-54-51-48-45-42-27-24-21-18-15-12-9-6-3)77-71(74)65-62-59-56-53-50-47-44-41-39-36-33-31-29-26-23-20-17-14-11-8-5-2/h9,12,18,21-23,25-27,30-33,39,41-42,48,51,57,60,68H,4-8,10-11,13-17,19-20,24,28-29,34-38,40,43-47,49-50,52-56,58-59,61-67H2,1-3H3/b12-9-,21-18-,25-22-,26-23-,32-30-,33-31-,41-39-,42-27-,51-48-,60-57-. The van der Waals surface area contributed by atoms with Gasteiger partial charge in [0.2, 0.25) is 0 Å². The lowest BCUT2D eigenvalue weighted by atomic mass is 10.0. The summed E-state index contributed by atoms with van der Waals surface area (Å²) in [6.07, 6.45) is 89.4. The van der Waals surface area contributed by atoms with Crippen molar-refractivity contribution in [3.8, 4) is 0 Å². The Labute approximate surface area is 475 Å². The Kier molecular flexibility index (Phi) is 60.8. The maximum Gasteiger partial charge on any atom is 0.309 e.